The molecule has 4 nitrogen and oxygen atoms in total. The number of para-hydroxylation sites is 3. The van der Waals surface area contributed by atoms with E-state index in [2.05, 4.69) is 126 Å². The van der Waals surface area contributed by atoms with Crippen LogP contribution in [0.5, 0.6) is 0 Å². The van der Waals surface area contributed by atoms with E-state index in [9.17, 15) is 0 Å². The fourth-order valence-corrected chi connectivity index (χ4v) is 7.19. The van der Waals surface area contributed by atoms with E-state index < -0.39 is 13.7 Å². The molecule has 0 aliphatic heterocycles. The monoisotopic (exact) mass is 881 g/mol. The van der Waals surface area contributed by atoms with Gasteiger partial charge in [0.25, 0.3) is 0 Å². The van der Waals surface area contributed by atoms with Gasteiger partial charge in [-0.25, -0.2) is 0 Å². The van der Waals surface area contributed by atoms with Crippen LogP contribution in [0.3, 0.4) is 0 Å². The minimum absolute atomic E-state index is 0. The molecule has 0 saturated carbocycles. The quantitative estimate of drug-likeness (QED) is 0.156. The van der Waals surface area contributed by atoms with Gasteiger partial charge in [0, 0.05) is 52.1 Å². The molecule has 0 atom stereocenters. The SMILES string of the molecule is Cc1cc(-c2ccc3s[c-]c(-c4nc5ccccc5n4-c4c(C(C)C)cccc4C(C)C)c3c2)ccn1.[2H]C([2H])([2H])c1c[c-]c(-c2ccc(C([2H])([2H])[2H])cn2)cc1.[Ir]. The summed E-state index contributed by atoms with van der Waals surface area (Å²) in [6.07, 6.45) is 3.18. The van der Waals surface area contributed by atoms with E-state index in [0.29, 0.717) is 23.1 Å². The molecular formula is C46H42IrN4S-2. The Morgan fingerprint density at radius 2 is 1.52 bits per heavy atom. The molecule has 8 rings (SSSR count). The van der Waals surface area contributed by atoms with E-state index in [-0.39, 0.29) is 31.2 Å². The fourth-order valence-electron chi connectivity index (χ4n) is 6.37. The third-order valence-electron chi connectivity index (χ3n) is 8.94. The van der Waals surface area contributed by atoms with Crippen molar-refractivity contribution in [3.05, 3.63) is 155 Å². The van der Waals surface area contributed by atoms with Crippen LogP contribution < -0.4 is 0 Å². The predicted octanol–water partition coefficient (Wildman–Crippen LogP) is 12.5. The smallest absolute Gasteiger partial charge is 0.0774 e. The molecule has 0 fully saturated rings. The summed E-state index contributed by atoms with van der Waals surface area (Å²) in [4.78, 5) is 13.7. The largest absolute Gasteiger partial charge is 0.333 e. The van der Waals surface area contributed by atoms with Gasteiger partial charge in [0.15, 0.2) is 0 Å². The summed E-state index contributed by atoms with van der Waals surface area (Å²) in [5, 5.41) is 4.82. The first-order chi connectivity index (χ1) is 27.1. The second-order valence-electron chi connectivity index (χ2n) is 13.3. The maximum absolute atomic E-state index is 7.28. The first-order valence-electron chi connectivity index (χ1n) is 20.1. The van der Waals surface area contributed by atoms with Gasteiger partial charge < -0.3 is 9.55 Å². The van der Waals surface area contributed by atoms with Crippen LogP contribution in [0.15, 0.2) is 116 Å². The van der Waals surface area contributed by atoms with Crippen molar-refractivity contribution >= 4 is 32.5 Å². The second-order valence-corrected chi connectivity index (χ2v) is 14.1. The van der Waals surface area contributed by atoms with Crippen molar-refractivity contribution in [2.75, 3.05) is 0 Å². The summed E-state index contributed by atoms with van der Waals surface area (Å²) >= 11 is 1.66. The number of benzene rings is 4. The minimum atomic E-state index is -2.18. The molecule has 0 spiro atoms. The molecular weight excluding hydrogens is 833 g/mol. The Hall–Kier alpha value is -4.74. The molecule has 0 saturated heterocycles. The number of thiophene rings is 1. The number of fused-ring (bicyclic) bond motifs is 2. The van der Waals surface area contributed by atoms with Gasteiger partial charge in [0.2, 0.25) is 0 Å². The van der Waals surface area contributed by atoms with Crippen molar-refractivity contribution in [2.24, 2.45) is 0 Å². The molecule has 1 radical (unpaired) electrons. The first-order valence-corrected chi connectivity index (χ1v) is 17.9. The van der Waals surface area contributed by atoms with Crippen LogP contribution in [0, 0.1) is 32.1 Å². The molecule has 0 bridgehead atoms. The van der Waals surface area contributed by atoms with E-state index in [1.165, 1.54) is 62.4 Å². The third-order valence-corrected chi connectivity index (χ3v) is 9.83. The minimum Gasteiger partial charge on any atom is -0.333 e. The number of rotatable bonds is 6. The van der Waals surface area contributed by atoms with Crippen molar-refractivity contribution in [1.29, 1.82) is 0 Å². The predicted molar refractivity (Wildman–Crippen MR) is 215 cm³/mol. The Morgan fingerprint density at radius 1 is 0.769 bits per heavy atom. The number of pyridine rings is 2. The fraction of sp³-hybridized carbons (Fsp3) is 0.196. The van der Waals surface area contributed by atoms with E-state index >= 15 is 0 Å². The molecule has 6 heteroatoms. The van der Waals surface area contributed by atoms with Gasteiger partial charge in [-0.1, -0.05) is 111 Å². The summed E-state index contributed by atoms with van der Waals surface area (Å²) in [5.74, 6) is 1.71. The first kappa shape index (κ1) is 29.8. The van der Waals surface area contributed by atoms with Crippen LogP contribution in [0.25, 0.3) is 60.6 Å². The van der Waals surface area contributed by atoms with E-state index in [4.69, 9.17) is 13.2 Å². The molecule has 4 aromatic heterocycles. The molecule has 263 valence electrons. The molecule has 0 aliphatic carbocycles. The van der Waals surface area contributed by atoms with Crippen LogP contribution in [-0.4, -0.2) is 19.5 Å². The van der Waals surface area contributed by atoms with Crippen LogP contribution >= 0.6 is 11.3 Å². The van der Waals surface area contributed by atoms with Gasteiger partial charge >= 0.3 is 0 Å². The van der Waals surface area contributed by atoms with Gasteiger partial charge in [0.1, 0.15) is 0 Å². The van der Waals surface area contributed by atoms with Crippen molar-refractivity contribution in [1.82, 2.24) is 19.5 Å². The van der Waals surface area contributed by atoms with Crippen LogP contribution in [0.1, 0.15) is 75.7 Å². The molecule has 4 heterocycles. The van der Waals surface area contributed by atoms with Gasteiger partial charge in [-0.15, -0.1) is 40.8 Å². The van der Waals surface area contributed by atoms with E-state index in [0.717, 1.165) is 28.1 Å². The summed E-state index contributed by atoms with van der Waals surface area (Å²) in [6, 6.07) is 36.6. The third kappa shape index (κ3) is 7.56. The second kappa shape index (κ2) is 15.9. The van der Waals surface area contributed by atoms with Crippen molar-refractivity contribution in [3.63, 3.8) is 0 Å². The van der Waals surface area contributed by atoms with E-state index in [1.807, 2.05) is 13.1 Å². The van der Waals surface area contributed by atoms with Crippen molar-refractivity contribution < 1.29 is 28.3 Å². The van der Waals surface area contributed by atoms with Crippen LogP contribution in [0.4, 0.5) is 0 Å². The molecule has 0 amide bonds. The molecule has 8 aromatic rings. The summed E-state index contributed by atoms with van der Waals surface area (Å²) < 4.78 is 47.2. The number of hydrogen-bond donors (Lipinski definition) is 0. The zero-order chi connectivity index (χ0) is 40.6. The average Bonchev–Trinajstić information content (AvgIpc) is 3.78. The Bertz CT molecular complexity index is 2600. The number of nitrogens with zero attached hydrogens (tertiary/aromatic N) is 4. The Kier molecular flexibility index (Phi) is 9.10. The van der Waals surface area contributed by atoms with Gasteiger partial charge in [-0.2, -0.15) is 0 Å². The van der Waals surface area contributed by atoms with Crippen molar-refractivity contribution in [2.45, 2.75) is 60.2 Å². The Morgan fingerprint density at radius 3 is 2.19 bits per heavy atom. The molecule has 4 aromatic carbocycles. The number of aromatic nitrogens is 4. The van der Waals surface area contributed by atoms with Crippen molar-refractivity contribution in [3.8, 4) is 39.5 Å². The standard InChI is InChI=1S/C33H30N3S.C13H12N.Ir/c1-20(2)25-9-8-10-26(21(3)4)32(25)36-30-12-7-6-11-29(30)35-33(36)28-19-37-31-14-13-23(18-27(28)31)24-15-16-34-22(5)17-24;1-10-3-6-12(7-4-10)13-8-5-11(2)9-14-13;/h6-18,20-21H,1-5H3;3-6,8-9H,1-2H3;/q2*-1;/i;1D3,2D3;. The number of imidazole rings is 1. The normalized spacial score (nSPS) is 13.4. The maximum atomic E-state index is 7.28. The number of hydrogen-bond acceptors (Lipinski definition) is 4. The van der Waals surface area contributed by atoms with Crippen LogP contribution in [0.2, 0.25) is 0 Å². The molecule has 0 N–H and O–H groups in total. The summed E-state index contributed by atoms with van der Waals surface area (Å²) in [7, 11) is 0. The van der Waals surface area contributed by atoms with Crippen LogP contribution in [-0.2, 0) is 20.1 Å². The Balaban J connectivity index is 0.000000230. The van der Waals surface area contributed by atoms with Gasteiger partial charge in [-0.3, -0.25) is 21.3 Å². The average molecular weight is 881 g/mol. The topological polar surface area (TPSA) is 43.6 Å². The molecule has 0 unspecified atom stereocenters. The Labute approximate surface area is 333 Å². The zero-order valence-corrected chi connectivity index (χ0v) is 32.9. The summed E-state index contributed by atoms with van der Waals surface area (Å²) in [6.45, 7) is 6.79. The zero-order valence-electron chi connectivity index (χ0n) is 35.7. The maximum Gasteiger partial charge on any atom is 0.0774 e. The molecule has 52 heavy (non-hydrogen) atoms. The molecule has 0 aliphatic rings. The van der Waals surface area contributed by atoms with Gasteiger partial charge in [0.05, 0.1) is 16.9 Å². The number of aryl methyl sites for hydroxylation is 3. The van der Waals surface area contributed by atoms with Gasteiger partial charge in [-0.05, 0) is 83.4 Å². The summed E-state index contributed by atoms with van der Waals surface area (Å²) in [5.41, 5.74) is 12.0. The van der Waals surface area contributed by atoms with E-state index in [1.54, 1.807) is 23.5 Å².